The number of aromatic hydroxyl groups is 1. The van der Waals surface area contributed by atoms with Crippen LogP contribution in [0.4, 0.5) is 0 Å². The molecule has 3 heterocycles. The van der Waals surface area contributed by atoms with Crippen molar-refractivity contribution in [2.75, 3.05) is 0 Å². The Hall–Kier alpha value is -2.60. The molecule has 106 valence electrons. The number of carbonyl (C=O) groups is 1. The summed E-state index contributed by atoms with van der Waals surface area (Å²) >= 11 is 5.81. The summed E-state index contributed by atoms with van der Waals surface area (Å²) in [6, 6.07) is 7.75. The predicted molar refractivity (Wildman–Crippen MR) is 73.6 cm³/mol. The van der Waals surface area contributed by atoms with Gasteiger partial charge in [-0.2, -0.15) is 0 Å². The van der Waals surface area contributed by atoms with E-state index in [-0.39, 0.29) is 17.8 Å². The maximum absolute atomic E-state index is 12.3. The minimum Gasteiger partial charge on any atom is -0.476 e. The zero-order valence-electron chi connectivity index (χ0n) is 10.7. The number of aromatic nitrogens is 2. The molecule has 0 aromatic carbocycles. The average molecular weight is 306 g/mol. The summed E-state index contributed by atoms with van der Waals surface area (Å²) in [6.07, 6.45) is 2.96. The number of nitrogens with zero attached hydrogens (tertiary/aromatic N) is 2. The lowest BCUT2D eigenvalue weighted by Gasteiger charge is -2.02. The first-order chi connectivity index (χ1) is 10.1. The van der Waals surface area contributed by atoms with Crippen LogP contribution in [0.1, 0.15) is 10.5 Å². The van der Waals surface area contributed by atoms with E-state index in [1.165, 1.54) is 27.3 Å². The minimum absolute atomic E-state index is 0.0162. The van der Waals surface area contributed by atoms with Crippen molar-refractivity contribution < 1.29 is 18.7 Å². The van der Waals surface area contributed by atoms with Gasteiger partial charge in [0, 0.05) is 18.3 Å². The smallest absolute Gasteiger partial charge is 0.382 e. The van der Waals surface area contributed by atoms with Gasteiger partial charge in [0.05, 0.1) is 17.6 Å². The van der Waals surface area contributed by atoms with Crippen LogP contribution < -0.4 is 9.96 Å². The van der Waals surface area contributed by atoms with Gasteiger partial charge in [-0.15, -0.1) is 4.40 Å². The highest BCUT2D eigenvalue weighted by Crippen LogP contribution is 2.18. The molecule has 3 aromatic heterocycles. The Morgan fingerprint density at radius 2 is 2.14 bits per heavy atom. The summed E-state index contributed by atoms with van der Waals surface area (Å²) in [5, 5.41) is 10.1. The highest BCUT2D eigenvalue weighted by Gasteiger charge is 2.29. The van der Waals surface area contributed by atoms with Gasteiger partial charge in [-0.25, -0.2) is 0 Å². The SMILES string of the molecule is O=C(Cn1cc(Cl)ccc1=O)c1c(O)oc2cccc[n+]12. The lowest BCUT2D eigenvalue weighted by atomic mass is 10.3. The molecular formula is C14H10ClN2O4+. The van der Waals surface area contributed by atoms with E-state index >= 15 is 0 Å². The van der Waals surface area contributed by atoms with Gasteiger partial charge in [-0.1, -0.05) is 11.6 Å². The second-order valence-corrected chi connectivity index (χ2v) is 4.84. The van der Waals surface area contributed by atoms with Gasteiger partial charge in [0.25, 0.3) is 11.3 Å². The third-order valence-corrected chi connectivity index (χ3v) is 3.22. The summed E-state index contributed by atoms with van der Waals surface area (Å²) < 4.78 is 7.69. The number of hydrogen-bond donors (Lipinski definition) is 1. The number of fused-ring (bicyclic) bond motifs is 1. The average Bonchev–Trinajstić information content (AvgIpc) is 2.78. The van der Waals surface area contributed by atoms with E-state index in [1.54, 1.807) is 24.4 Å². The summed E-state index contributed by atoms with van der Waals surface area (Å²) in [4.78, 5) is 24.0. The van der Waals surface area contributed by atoms with Crippen molar-refractivity contribution in [3.05, 3.63) is 63.8 Å². The van der Waals surface area contributed by atoms with Crippen molar-refractivity contribution in [3.63, 3.8) is 0 Å². The maximum Gasteiger partial charge on any atom is 0.382 e. The Kier molecular flexibility index (Phi) is 3.23. The van der Waals surface area contributed by atoms with E-state index in [0.29, 0.717) is 10.7 Å². The normalized spacial score (nSPS) is 10.9. The van der Waals surface area contributed by atoms with Crippen molar-refractivity contribution in [3.8, 4) is 5.95 Å². The van der Waals surface area contributed by atoms with Crippen LogP contribution in [0.25, 0.3) is 5.71 Å². The zero-order chi connectivity index (χ0) is 15.0. The largest absolute Gasteiger partial charge is 0.476 e. The second kappa shape index (κ2) is 5.06. The first kappa shape index (κ1) is 13.4. The number of halogens is 1. The molecule has 7 heteroatoms. The van der Waals surface area contributed by atoms with E-state index in [9.17, 15) is 14.7 Å². The van der Waals surface area contributed by atoms with Gasteiger partial charge >= 0.3 is 17.4 Å². The van der Waals surface area contributed by atoms with Gasteiger partial charge in [0.15, 0.2) is 6.20 Å². The van der Waals surface area contributed by atoms with Crippen molar-refractivity contribution in [1.82, 2.24) is 4.57 Å². The molecule has 0 unspecified atom stereocenters. The molecule has 0 fully saturated rings. The van der Waals surface area contributed by atoms with Crippen LogP contribution in [0.3, 0.4) is 0 Å². The molecule has 0 spiro atoms. The predicted octanol–water partition coefficient (Wildman–Crippen LogP) is 1.42. The number of pyridine rings is 2. The van der Waals surface area contributed by atoms with Crippen LogP contribution in [-0.4, -0.2) is 15.5 Å². The number of carbonyl (C=O) groups excluding carboxylic acids is 1. The van der Waals surface area contributed by atoms with Crippen LogP contribution >= 0.6 is 11.6 Å². The van der Waals surface area contributed by atoms with Crippen molar-refractivity contribution in [2.45, 2.75) is 6.54 Å². The Balaban J connectivity index is 2.03. The zero-order valence-corrected chi connectivity index (χ0v) is 11.4. The standard InChI is InChI=1S/C14H9ClN2O4/c15-9-4-5-11(19)16(7-9)8-10(18)13-14(20)21-12-3-1-2-6-17(12)13/h1-7H,8H2/p+1. The molecule has 0 aliphatic heterocycles. The van der Waals surface area contributed by atoms with Gasteiger partial charge in [-0.05, 0) is 12.1 Å². The van der Waals surface area contributed by atoms with Gasteiger partial charge in [0.1, 0.15) is 0 Å². The molecule has 0 bridgehead atoms. The quantitative estimate of drug-likeness (QED) is 0.586. The van der Waals surface area contributed by atoms with E-state index in [4.69, 9.17) is 16.0 Å². The van der Waals surface area contributed by atoms with Gasteiger partial charge in [0.2, 0.25) is 0 Å². The fraction of sp³-hybridized carbons (Fsp3) is 0.0714. The van der Waals surface area contributed by atoms with E-state index in [0.717, 1.165) is 0 Å². The molecule has 0 saturated carbocycles. The third kappa shape index (κ3) is 2.41. The molecular weight excluding hydrogens is 296 g/mol. The molecule has 0 aliphatic rings. The minimum atomic E-state index is -0.485. The topological polar surface area (TPSA) is 76.5 Å². The highest BCUT2D eigenvalue weighted by molar-refractivity contribution is 6.30. The number of oxazole rings is 1. The molecule has 0 saturated heterocycles. The molecule has 3 rings (SSSR count). The Morgan fingerprint density at radius 1 is 1.33 bits per heavy atom. The molecule has 21 heavy (non-hydrogen) atoms. The fourth-order valence-electron chi connectivity index (χ4n) is 2.05. The van der Waals surface area contributed by atoms with Gasteiger partial charge in [-0.3, -0.25) is 9.59 Å². The van der Waals surface area contributed by atoms with Gasteiger partial charge < -0.3 is 14.1 Å². The first-order valence-electron chi connectivity index (χ1n) is 6.07. The van der Waals surface area contributed by atoms with Crippen molar-refractivity contribution >= 4 is 23.1 Å². The number of ketones is 1. The van der Waals surface area contributed by atoms with Crippen molar-refractivity contribution in [2.24, 2.45) is 0 Å². The van der Waals surface area contributed by atoms with Crippen LogP contribution in [0.5, 0.6) is 5.95 Å². The van der Waals surface area contributed by atoms with Crippen LogP contribution in [0.2, 0.25) is 5.02 Å². The summed E-state index contributed by atoms with van der Waals surface area (Å²) in [7, 11) is 0. The molecule has 0 atom stereocenters. The monoisotopic (exact) mass is 305 g/mol. The van der Waals surface area contributed by atoms with E-state index in [1.807, 2.05) is 0 Å². The summed E-state index contributed by atoms with van der Waals surface area (Å²) in [5.74, 6) is -0.951. The molecule has 0 aliphatic carbocycles. The lowest BCUT2D eigenvalue weighted by molar-refractivity contribution is -0.516. The van der Waals surface area contributed by atoms with Crippen molar-refractivity contribution in [1.29, 1.82) is 0 Å². The lowest BCUT2D eigenvalue weighted by Crippen LogP contribution is -2.31. The third-order valence-electron chi connectivity index (χ3n) is 2.99. The Bertz CT molecular complexity index is 897. The molecule has 1 N–H and O–H groups in total. The Labute approximate surface area is 123 Å². The molecule has 0 amide bonds. The maximum atomic E-state index is 12.3. The molecule has 3 aromatic rings. The summed E-state index contributed by atoms with van der Waals surface area (Å²) in [6.45, 7) is -0.247. The second-order valence-electron chi connectivity index (χ2n) is 4.40. The fourth-order valence-corrected chi connectivity index (χ4v) is 2.24. The number of rotatable bonds is 3. The van der Waals surface area contributed by atoms with E-state index in [2.05, 4.69) is 0 Å². The van der Waals surface area contributed by atoms with Crippen LogP contribution in [0, 0.1) is 0 Å². The first-order valence-corrected chi connectivity index (χ1v) is 6.45. The van der Waals surface area contributed by atoms with E-state index < -0.39 is 11.7 Å². The number of hydrogen-bond acceptors (Lipinski definition) is 4. The number of Topliss-reactive ketones (excluding diaryl/α,β-unsaturated/α-hetero) is 1. The highest BCUT2D eigenvalue weighted by atomic mass is 35.5. The molecule has 6 nitrogen and oxygen atoms in total. The molecule has 0 radical (unpaired) electrons. The Morgan fingerprint density at radius 3 is 2.95 bits per heavy atom. The summed E-state index contributed by atoms with van der Waals surface area (Å²) in [5.41, 5.74) is -0.0423. The van der Waals surface area contributed by atoms with Crippen LogP contribution in [-0.2, 0) is 6.54 Å². The van der Waals surface area contributed by atoms with Crippen LogP contribution in [0.15, 0.2) is 51.9 Å².